The molecule has 4 heteroatoms. The molecule has 0 bridgehead atoms. The fourth-order valence-electron chi connectivity index (χ4n) is 4.13. The normalized spacial score (nSPS) is 12.8. The van der Waals surface area contributed by atoms with Gasteiger partial charge in [0, 0.05) is 23.6 Å². The van der Waals surface area contributed by atoms with Crippen molar-refractivity contribution in [2.24, 2.45) is 0 Å². The number of carbonyl (C=O) groups excluding carboxylic acids is 1. The van der Waals surface area contributed by atoms with Gasteiger partial charge in [-0.1, -0.05) is 60.7 Å². The number of fused-ring (bicyclic) bond motifs is 2. The quantitative estimate of drug-likeness (QED) is 0.388. The molecule has 0 unspecified atom stereocenters. The molecule has 1 aromatic heterocycles. The van der Waals surface area contributed by atoms with Crippen LogP contribution in [0, 0.1) is 0 Å². The molecule has 160 valence electrons. The average molecular weight is 415 g/mol. The Morgan fingerprint density at radius 2 is 1.65 bits per heavy atom. The molecular formula is C27H30N2O2. The van der Waals surface area contributed by atoms with Crippen LogP contribution < -0.4 is 0 Å². The van der Waals surface area contributed by atoms with Gasteiger partial charge in [0.05, 0.1) is 6.04 Å². The molecule has 1 heterocycles. The summed E-state index contributed by atoms with van der Waals surface area (Å²) >= 11 is 0. The number of hydrogen-bond acceptors (Lipinski definition) is 2. The average Bonchev–Trinajstić information content (AvgIpc) is 3.15. The lowest BCUT2D eigenvalue weighted by Gasteiger charge is -2.32. The zero-order valence-corrected chi connectivity index (χ0v) is 18.7. The van der Waals surface area contributed by atoms with Crippen LogP contribution in [0.4, 0.5) is 4.79 Å². The summed E-state index contributed by atoms with van der Waals surface area (Å²) in [6, 6.07) is 22.7. The van der Waals surface area contributed by atoms with Gasteiger partial charge in [0.2, 0.25) is 0 Å². The number of H-pyrrole nitrogens is 1. The second-order valence-electron chi connectivity index (χ2n) is 9.03. The highest BCUT2D eigenvalue weighted by molar-refractivity contribution is 5.86. The summed E-state index contributed by atoms with van der Waals surface area (Å²) in [6.45, 7) is 8.38. The van der Waals surface area contributed by atoms with Gasteiger partial charge < -0.3 is 14.6 Å². The first kappa shape index (κ1) is 21.0. The lowest BCUT2D eigenvalue weighted by molar-refractivity contribution is 0.0177. The number of hydrogen-bond donors (Lipinski definition) is 1. The van der Waals surface area contributed by atoms with Gasteiger partial charge in [-0.3, -0.25) is 0 Å². The highest BCUT2D eigenvalue weighted by atomic mass is 16.6. The van der Waals surface area contributed by atoms with E-state index in [1.807, 2.05) is 56.1 Å². The summed E-state index contributed by atoms with van der Waals surface area (Å²) in [5.41, 5.74) is 2.90. The Bertz CT molecular complexity index is 1200. The summed E-state index contributed by atoms with van der Waals surface area (Å²) in [6.07, 6.45) is 2.51. The predicted molar refractivity (Wildman–Crippen MR) is 127 cm³/mol. The van der Waals surface area contributed by atoms with E-state index in [0.717, 1.165) is 22.9 Å². The van der Waals surface area contributed by atoms with Crippen molar-refractivity contribution in [2.75, 3.05) is 6.54 Å². The number of aromatic amines is 1. The number of amides is 1. The zero-order chi connectivity index (χ0) is 22.0. The van der Waals surface area contributed by atoms with Crippen LogP contribution in [0.2, 0.25) is 0 Å². The van der Waals surface area contributed by atoms with Crippen molar-refractivity contribution >= 4 is 27.8 Å². The van der Waals surface area contributed by atoms with E-state index in [0.29, 0.717) is 6.54 Å². The third-order valence-corrected chi connectivity index (χ3v) is 5.67. The first-order chi connectivity index (χ1) is 14.8. The summed E-state index contributed by atoms with van der Waals surface area (Å²) in [7, 11) is 0. The molecular weight excluding hydrogens is 384 g/mol. The Labute approximate surface area is 183 Å². The summed E-state index contributed by atoms with van der Waals surface area (Å²) < 4.78 is 5.79. The van der Waals surface area contributed by atoms with Gasteiger partial charge in [0.1, 0.15) is 5.60 Å². The number of nitrogens with zero attached hydrogens (tertiary/aromatic N) is 1. The largest absolute Gasteiger partial charge is 0.444 e. The number of benzene rings is 3. The van der Waals surface area contributed by atoms with E-state index >= 15 is 0 Å². The maximum absolute atomic E-state index is 13.2. The molecule has 0 aliphatic heterocycles. The highest BCUT2D eigenvalue weighted by Gasteiger charge is 2.27. The van der Waals surface area contributed by atoms with Crippen LogP contribution in [0.3, 0.4) is 0 Å². The number of rotatable bonds is 5. The molecule has 0 saturated carbocycles. The second kappa shape index (κ2) is 8.46. The molecule has 1 amide bonds. The van der Waals surface area contributed by atoms with Crippen LogP contribution in [0.5, 0.6) is 0 Å². The molecule has 4 aromatic rings. The highest BCUT2D eigenvalue weighted by Crippen LogP contribution is 2.30. The minimum Gasteiger partial charge on any atom is -0.444 e. The molecule has 1 atom stereocenters. The molecule has 31 heavy (non-hydrogen) atoms. The summed E-state index contributed by atoms with van der Waals surface area (Å²) in [5, 5.41) is 3.54. The first-order valence-corrected chi connectivity index (χ1v) is 10.9. The van der Waals surface area contributed by atoms with Crippen molar-refractivity contribution < 1.29 is 9.53 Å². The Balaban J connectivity index is 1.65. The van der Waals surface area contributed by atoms with Crippen molar-refractivity contribution in [2.45, 2.75) is 45.8 Å². The Kier molecular flexibility index (Phi) is 5.73. The molecule has 0 radical (unpaired) electrons. The third kappa shape index (κ3) is 4.58. The fourth-order valence-corrected chi connectivity index (χ4v) is 4.13. The smallest absolute Gasteiger partial charge is 0.410 e. The Hall–Kier alpha value is -3.27. The number of carbonyl (C=O) groups is 1. The van der Waals surface area contributed by atoms with Crippen molar-refractivity contribution in [3.8, 4) is 0 Å². The maximum Gasteiger partial charge on any atom is 0.410 e. The van der Waals surface area contributed by atoms with Gasteiger partial charge in [0.15, 0.2) is 0 Å². The van der Waals surface area contributed by atoms with E-state index in [9.17, 15) is 4.79 Å². The van der Waals surface area contributed by atoms with Crippen molar-refractivity contribution in [1.29, 1.82) is 0 Å². The standard InChI is InChI=1S/C27H30N2O2/c1-19(22-14-9-11-20-10-5-6-12-23(20)22)29(26(30)31-27(2,3)4)17-16-21-18-28-25-15-8-7-13-24(21)25/h5-15,18-19,28H,16-17H2,1-4H3/t19-/m0/s1. The molecule has 0 saturated heterocycles. The zero-order valence-electron chi connectivity index (χ0n) is 18.7. The molecule has 0 aliphatic rings. The number of aromatic nitrogens is 1. The lowest BCUT2D eigenvalue weighted by atomic mass is 9.98. The minimum absolute atomic E-state index is 0.119. The van der Waals surface area contributed by atoms with Crippen LogP contribution >= 0.6 is 0 Å². The van der Waals surface area contributed by atoms with Gasteiger partial charge in [-0.15, -0.1) is 0 Å². The molecule has 4 nitrogen and oxygen atoms in total. The van der Waals surface area contributed by atoms with Gasteiger partial charge in [-0.25, -0.2) is 4.79 Å². The monoisotopic (exact) mass is 414 g/mol. The molecule has 1 N–H and O–H groups in total. The molecule has 3 aromatic carbocycles. The van der Waals surface area contributed by atoms with Crippen molar-refractivity contribution in [3.63, 3.8) is 0 Å². The SMILES string of the molecule is C[C@@H](c1cccc2ccccc12)N(CCc1c[nH]c2ccccc12)C(=O)OC(C)(C)C. The van der Waals surface area contributed by atoms with E-state index < -0.39 is 5.60 Å². The fraction of sp³-hybridized carbons (Fsp3) is 0.296. The summed E-state index contributed by atoms with van der Waals surface area (Å²) in [5.74, 6) is 0. The number of nitrogens with one attached hydrogen (secondary N) is 1. The second-order valence-corrected chi connectivity index (χ2v) is 9.03. The molecule has 0 aliphatic carbocycles. The van der Waals surface area contributed by atoms with Crippen LogP contribution in [-0.2, 0) is 11.2 Å². The van der Waals surface area contributed by atoms with Crippen LogP contribution in [0.25, 0.3) is 21.7 Å². The maximum atomic E-state index is 13.2. The van der Waals surface area contributed by atoms with Crippen LogP contribution in [-0.4, -0.2) is 28.1 Å². The van der Waals surface area contributed by atoms with Gasteiger partial charge in [-0.05, 0) is 62.1 Å². The topological polar surface area (TPSA) is 45.3 Å². The van der Waals surface area contributed by atoms with E-state index in [1.165, 1.54) is 16.3 Å². The Morgan fingerprint density at radius 3 is 2.42 bits per heavy atom. The Morgan fingerprint density at radius 1 is 0.968 bits per heavy atom. The van der Waals surface area contributed by atoms with Crippen LogP contribution in [0.1, 0.15) is 44.9 Å². The number of ether oxygens (including phenoxy) is 1. The van der Waals surface area contributed by atoms with Crippen LogP contribution in [0.15, 0.2) is 72.9 Å². The first-order valence-electron chi connectivity index (χ1n) is 10.9. The molecule has 0 spiro atoms. The van der Waals surface area contributed by atoms with E-state index in [-0.39, 0.29) is 12.1 Å². The van der Waals surface area contributed by atoms with E-state index in [4.69, 9.17) is 4.74 Å². The minimum atomic E-state index is -0.547. The summed E-state index contributed by atoms with van der Waals surface area (Å²) in [4.78, 5) is 18.4. The van der Waals surface area contributed by atoms with Crippen molar-refractivity contribution in [1.82, 2.24) is 9.88 Å². The van der Waals surface area contributed by atoms with Gasteiger partial charge >= 0.3 is 6.09 Å². The molecule has 4 rings (SSSR count). The van der Waals surface area contributed by atoms with E-state index in [1.54, 1.807) is 0 Å². The molecule has 0 fully saturated rings. The van der Waals surface area contributed by atoms with Crippen molar-refractivity contribution in [3.05, 3.63) is 84.1 Å². The third-order valence-electron chi connectivity index (χ3n) is 5.67. The predicted octanol–water partition coefficient (Wildman–Crippen LogP) is 6.86. The van der Waals surface area contributed by atoms with Gasteiger partial charge in [-0.2, -0.15) is 0 Å². The van der Waals surface area contributed by atoms with Gasteiger partial charge in [0.25, 0.3) is 0 Å². The lowest BCUT2D eigenvalue weighted by Crippen LogP contribution is -2.39. The van der Waals surface area contributed by atoms with E-state index in [2.05, 4.69) is 54.4 Å². The number of para-hydroxylation sites is 1.